The Balaban J connectivity index is 0.00000288. The van der Waals surface area contributed by atoms with Crippen molar-refractivity contribution in [3.8, 4) is 5.75 Å². The van der Waals surface area contributed by atoms with Crippen LogP contribution in [0.15, 0.2) is 29.3 Å². The molecule has 0 bridgehead atoms. The molecule has 1 N–H and O–H groups in total. The Bertz CT molecular complexity index is 511. The minimum absolute atomic E-state index is 0. The first-order valence-electron chi connectivity index (χ1n) is 8.50. The highest BCUT2D eigenvalue weighted by Crippen LogP contribution is 2.17. The molecule has 1 aromatic rings. The average Bonchev–Trinajstić information content (AvgIpc) is 3.01. The number of nitrogens with zero attached hydrogens (tertiary/aromatic N) is 2. The summed E-state index contributed by atoms with van der Waals surface area (Å²) in [4.78, 5) is 7.13. The number of guanidine groups is 1. The molecule has 6 heteroatoms. The number of hydrogen-bond donors (Lipinski definition) is 1. The van der Waals surface area contributed by atoms with E-state index in [4.69, 9.17) is 14.5 Å². The Morgan fingerprint density at radius 3 is 2.92 bits per heavy atom. The standard InChI is InChI=1S/C18H29N3O2.HI/c1-4-19-18(21-10-9-16(13-21)14-22-3)20-12-15-7-6-8-17(11-15)23-5-2;/h6-8,11,16H,4-5,9-10,12-14H2,1-3H3,(H,19,20);1H. The summed E-state index contributed by atoms with van der Waals surface area (Å²) < 4.78 is 10.8. The van der Waals surface area contributed by atoms with Crippen molar-refractivity contribution in [1.82, 2.24) is 10.2 Å². The topological polar surface area (TPSA) is 46.1 Å². The molecule has 24 heavy (non-hydrogen) atoms. The number of rotatable bonds is 7. The Morgan fingerprint density at radius 1 is 1.38 bits per heavy atom. The fraction of sp³-hybridized carbons (Fsp3) is 0.611. The average molecular weight is 447 g/mol. The van der Waals surface area contributed by atoms with Crippen molar-refractivity contribution in [2.45, 2.75) is 26.8 Å². The molecule has 1 unspecified atom stereocenters. The van der Waals surface area contributed by atoms with E-state index in [1.54, 1.807) is 7.11 Å². The maximum Gasteiger partial charge on any atom is 0.194 e. The van der Waals surface area contributed by atoms with E-state index in [0.29, 0.717) is 19.1 Å². The normalized spacial score (nSPS) is 17.5. The van der Waals surface area contributed by atoms with Gasteiger partial charge >= 0.3 is 0 Å². The van der Waals surface area contributed by atoms with Crippen LogP contribution in [0.5, 0.6) is 5.75 Å². The van der Waals surface area contributed by atoms with E-state index in [1.165, 1.54) is 5.56 Å². The molecular weight excluding hydrogens is 417 g/mol. The van der Waals surface area contributed by atoms with Crippen LogP contribution in [0.4, 0.5) is 0 Å². The molecule has 0 aromatic heterocycles. The second-order valence-electron chi connectivity index (χ2n) is 5.81. The number of hydrogen-bond acceptors (Lipinski definition) is 3. The smallest absolute Gasteiger partial charge is 0.194 e. The Morgan fingerprint density at radius 2 is 2.21 bits per heavy atom. The number of likely N-dealkylation sites (tertiary alicyclic amines) is 1. The highest BCUT2D eigenvalue weighted by molar-refractivity contribution is 14.0. The van der Waals surface area contributed by atoms with Crippen molar-refractivity contribution in [2.75, 3.05) is 40.0 Å². The number of methoxy groups -OCH3 is 1. The minimum Gasteiger partial charge on any atom is -0.494 e. The quantitative estimate of drug-likeness (QED) is 0.397. The fourth-order valence-corrected chi connectivity index (χ4v) is 2.89. The first-order valence-corrected chi connectivity index (χ1v) is 8.50. The van der Waals surface area contributed by atoms with Crippen LogP contribution in [-0.4, -0.2) is 50.8 Å². The predicted molar refractivity (Wildman–Crippen MR) is 109 cm³/mol. The molecule has 0 aliphatic carbocycles. The lowest BCUT2D eigenvalue weighted by Crippen LogP contribution is -2.40. The van der Waals surface area contributed by atoms with Crippen LogP contribution in [0.25, 0.3) is 0 Å². The van der Waals surface area contributed by atoms with Crippen LogP contribution in [-0.2, 0) is 11.3 Å². The molecule has 2 rings (SSSR count). The number of nitrogens with one attached hydrogen (secondary N) is 1. The van der Waals surface area contributed by atoms with Gasteiger partial charge < -0.3 is 19.7 Å². The molecule has 0 saturated carbocycles. The maximum absolute atomic E-state index is 5.55. The molecule has 0 radical (unpaired) electrons. The third kappa shape index (κ3) is 6.47. The summed E-state index contributed by atoms with van der Waals surface area (Å²) in [5.74, 6) is 2.50. The van der Waals surface area contributed by atoms with E-state index in [0.717, 1.165) is 44.4 Å². The molecule has 136 valence electrons. The molecule has 1 saturated heterocycles. The van der Waals surface area contributed by atoms with Crippen LogP contribution >= 0.6 is 24.0 Å². The van der Waals surface area contributed by atoms with Crippen LogP contribution in [0, 0.1) is 5.92 Å². The lowest BCUT2D eigenvalue weighted by Gasteiger charge is -2.21. The maximum atomic E-state index is 5.55. The van der Waals surface area contributed by atoms with Gasteiger partial charge in [0.05, 0.1) is 19.8 Å². The zero-order valence-corrected chi connectivity index (χ0v) is 17.3. The SMILES string of the molecule is CCNC(=NCc1cccc(OCC)c1)N1CCC(COC)C1.I. The third-order valence-corrected chi connectivity index (χ3v) is 3.94. The summed E-state index contributed by atoms with van der Waals surface area (Å²) in [5, 5.41) is 3.40. The van der Waals surface area contributed by atoms with Crippen molar-refractivity contribution in [3.63, 3.8) is 0 Å². The lowest BCUT2D eigenvalue weighted by atomic mass is 10.1. The number of aliphatic imine (C=N–C) groups is 1. The van der Waals surface area contributed by atoms with Gasteiger partial charge in [0.15, 0.2) is 5.96 Å². The van der Waals surface area contributed by atoms with Gasteiger partial charge in [0.1, 0.15) is 5.75 Å². The molecular formula is C18H30IN3O2. The minimum atomic E-state index is 0. The summed E-state index contributed by atoms with van der Waals surface area (Å²) in [6.07, 6.45) is 1.16. The lowest BCUT2D eigenvalue weighted by molar-refractivity contribution is 0.157. The summed E-state index contributed by atoms with van der Waals surface area (Å²) in [6.45, 7) is 9.21. The van der Waals surface area contributed by atoms with E-state index in [2.05, 4.69) is 29.3 Å². The van der Waals surface area contributed by atoms with Crippen molar-refractivity contribution in [3.05, 3.63) is 29.8 Å². The van der Waals surface area contributed by atoms with Crippen molar-refractivity contribution in [2.24, 2.45) is 10.9 Å². The van der Waals surface area contributed by atoms with Crippen molar-refractivity contribution in [1.29, 1.82) is 0 Å². The Labute approximate surface area is 162 Å². The second kappa shape index (κ2) is 11.5. The molecule has 1 atom stereocenters. The highest BCUT2D eigenvalue weighted by Gasteiger charge is 2.24. The van der Waals surface area contributed by atoms with Gasteiger partial charge in [-0.2, -0.15) is 0 Å². The summed E-state index contributed by atoms with van der Waals surface area (Å²) >= 11 is 0. The fourth-order valence-electron chi connectivity index (χ4n) is 2.89. The number of benzene rings is 1. The monoisotopic (exact) mass is 447 g/mol. The second-order valence-corrected chi connectivity index (χ2v) is 5.81. The molecule has 1 aromatic carbocycles. The zero-order valence-electron chi connectivity index (χ0n) is 15.0. The molecule has 1 aliphatic rings. The molecule has 0 amide bonds. The molecule has 1 fully saturated rings. The van der Waals surface area contributed by atoms with Crippen LogP contribution in [0.3, 0.4) is 0 Å². The van der Waals surface area contributed by atoms with E-state index in [-0.39, 0.29) is 24.0 Å². The molecule has 0 spiro atoms. The third-order valence-electron chi connectivity index (χ3n) is 3.94. The van der Waals surface area contributed by atoms with Gasteiger partial charge in [0, 0.05) is 32.7 Å². The van der Waals surface area contributed by atoms with Crippen LogP contribution in [0.2, 0.25) is 0 Å². The molecule has 1 heterocycles. The van der Waals surface area contributed by atoms with E-state index < -0.39 is 0 Å². The largest absolute Gasteiger partial charge is 0.494 e. The van der Waals surface area contributed by atoms with Crippen LogP contribution < -0.4 is 10.1 Å². The van der Waals surface area contributed by atoms with Gasteiger partial charge in [-0.05, 0) is 38.0 Å². The van der Waals surface area contributed by atoms with E-state index >= 15 is 0 Å². The van der Waals surface area contributed by atoms with Crippen LogP contribution in [0.1, 0.15) is 25.8 Å². The summed E-state index contributed by atoms with van der Waals surface area (Å²) in [7, 11) is 1.77. The highest BCUT2D eigenvalue weighted by atomic mass is 127. The molecule has 5 nitrogen and oxygen atoms in total. The van der Waals surface area contributed by atoms with Crippen molar-refractivity contribution < 1.29 is 9.47 Å². The van der Waals surface area contributed by atoms with E-state index in [1.807, 2.05) is 19.1 Å². The first kappa shape index (κ1) is 21.0. The van der Waals surface area contributed by atoms with Gasteiger partial charge in [-0.15, -0.1) is 24.0 Å². The van der Waals surface area contributed by atoms with Gasteiger partial charge in [-0.25, -0.2) is 4.99 Å². The first-order chi connectivity index (χ1) is 11.3. The number of halogens is 1. The Kier molecular flexibility index (Phi) is 10.1. The zero-order chi connectivity index (χ0) is 16.5. The number of ether oxygens (including phenoxy) is 2. The van der Waals surface area contributed by atoms with Gasteiger partial charge in [-0.1, -0.05) is 12.1 Å². The van der Waals surface area contributed by atoms with Gasteiger partial charge in [0.25, 0.3) is 0 Å². The summed E-state index contributed by atoms with van der Waals surface area (Å²) in [5.41, 5.74) is 1.17. The predicted octanol–water partition coefficient (Wildman–Crippen LogP) is 3.14. The van der Waals surface area contributed by atoms with Gasteiger partial charge in [0.2, 0.25) is 0 Å². The van der Waals surface area contributed by atoms with Crippen molar-refractivity contribution >= 4 is 29.9 Å². The summed E-state index contributed by atoms with van der Waals surface area (Å²) in [6, 6.07) is 8.16. The Hall–Kier alpha value is -1.02. The van der Waals surface area contributed by atoms with Gasteiger partial charge in [-0.3, -0.25) is 0 Å². The van der Waals surface area contributed by atoms with E-state index in [9.17, 15) is 0 Å². The molecule has 1 aliphatic heterocycles.